The molecule has 0 aliphatic heterocycles. The van der Waals surface area contributed by atoms with E-state index in [4.69, 9.17) is 0 Å². The lowest BCUT2D eigenvalue weighted by Gasteiger charge is -2.05. The van der Waals surface area contributed by atoms with Gasteiger partial charge in [-0.15, -0.1) is 6.58 Å². The molecule has 0 aromatic heterocycles. The van der Waals surface area contributed by atoms with Crippen molar-refractivity contribution in [1.29, 1.82) is 0 Å². The fourth-order valence-corrected chi connectivity index (χ4v) is 2.27. The van der Waals surface area contributed by atoms with Gasteiger partial charge in [-0.2, -0.15) is 0 Å². The van der Waals surface area contributed by atoms with Crippen molar-refractivity contribution < 1.29 is 0 Å². The van der Waals surface area contributed by atoms with Crippen molar-refractivity contribution in [3.63, 3.8) is 0 Å². The van der Waals surface area contributed by atoms with Crippen LogP contribution in [0.4, 0.5) is 0 Å². The van der Waals surface area contributed by atoms with Crippen LogP contribution in [0.5, 0.6) is 0 Å². The highest BCUT2D eigenvalue weighted by atomic mass is 14.0. The third-order valence-corrected chi connectivity index (χ3v) is 3.38. The van der Waals surface area contributed by atoms with Gasteiger partial charge in [-0.25, -0.2) is 0 Å². The fourth-order valence-electron chi connectivity index (χ4n) is 2.27. The Kier molecular flexibility index (Phi) is 7.96. The SMILES string of the molecule is C=CCCCCCCCCc1ccccc1C=C. The van der Waals surface area contributed by atoms with Crippen LogP contribution in [0, 0.1) is 0 Å². The Bertz CT molecular complexity index is 349. The van der Waals surface area contributed by atoms with E-state index in [1.807, 2.05) is 12.2 Å². The number of unbranched alkanes of at least 4 members (excludes halogenated alkanes) is 6. The van der Waals surface area contributed by atoms with E-state index in [1.165, 1.54) is 62.5 Å². The van der Waals surface area contributed by atoms with Gasteiger partial charge >= 0.3 is 0 Å². The van der Waals surface area contributed by atoms with E-state index in [2.05, 4.69) is 37.4 Å². The summed E-state index contributed by atoms with van der Waals surface area (Å²) < 4.78 is 0. The number of aryl methyl sites for hydroxylation is 1. The molecule has 1 aromatic carbocycles. The molecule has 0 N–H and O–H groups in total. The molecule has 0 spiro atoms. The lowest BCUT2D eigenvalue weighted by molar-refractivity contribution is 0.597. The molecule has 0 amide bonds. The monoisotopic (exact) mass is 242 g/mol. The minimum atomic E-state index is 1.17. The van der Waals surface area contributed by atoms with Gasteiger partial charge in [-0.3, -0.25) is 0 Å². The minimum Gasteiger partial charge on any atom is -0.103 e. The second kappa shape index (κ2) is 9.70. The number of hydrogen-bond acceptors (Lipinski definition) is 0. The summed E-state index contributed by atoms with van der Waals surface area (Å²) in [7, 11) is 0. The van der Waals surface area contributed by atoms with Gasteiger partial charge in [0.05, 0.1) is 0 Å². The highest BCUT2D eigenvalue weighted by Gasteiger charge is 1.98. The zero-order valence-electron chi connectivity index (χ0n) is 11.5. The van der Waals surface area contributed by atoms with E-state index >= 15 is 0 Å². The molecular weight excluding hydrogens is 216 g/mol. The molecule has 0 unspecified atom stereocenters. The summed E-state index contributed by atoms with van der Waals surface area (Å²) in [4.78, 5) is 0. The summed E-state index contributed by atoms with van der Waals surface area (Å²) in [5.41, 5.74) is 2.74. The molecule has 0 atom stereocenters. The quantitative estimate of drug-likeness (QED) is 0.360. The van der Waals surface area contributed by atoms with E-state index in [1.54, 1.807) is 0 Å². The topological polar surface area (TPSA) is 0 Å². The molecule has 0 fully saturated rings. The number of allylic oxidation sites excluding steroid dienone is 1. The predicted octanol–water partition coefficient (Wildman–Crippen LogP) is 5.79. The van der Waals surface area contributed by atoms with Crippen molar-refractivity contribution in [1.82, 2.24) is 0 Å². The third kappa shape index (κ3) is 5.86. The summed E-state index contributed by atoms with van der Waals surface area (Å²) in [6.45, 7) is 7.62. The number of rotatable bonds is 10. The summed E-state index contributed by atoms with van der Waals surface area (Å²) >= 11 is 0. The zero-order valence-corrected chi connectivity index (χ0v) is 11.5. The van der Waals surface area contributed by atoms with Crippen LogP contribution in [0.15, 0.2) is 43.5 Å². The van der Waals surface area contributed by atoms with Crippen LogP contribution in [0.2, 0.25) is 0 Å². The zero-order chi connectivity index (χ0) is 13.1. The van der Waals surface area contributed by atoms with Crippen molar-refractivity contribution in [2.24, 2.45) is 0 Å². The summed E-state index contributed by atoms with van der Waals surface area (Å²) in [5, 5.41) is 0. The van der Waals surface area contributed by atoms with Crippen molar-refractivity contribution >= 4 is 6.08 Å². The lowest BCUT2D eigenvalue weighted by atomic mass is 10.0. The Morgan fingerprint density at radius 3 is 2.22 bits per heavy atom. The number of hydrogen-bond donors (Lipinski definition) is 0. The minimum absolute atomic E-state index is 1.17. The van der Waals surface area contributed by atoms with Gasteiger partial charge in [0.1, 0.15) is 0 Å². The van der Waals surface area contributed by atoms with Crippen molar-refractivity contribution in [3.8, 4) is 0 Å². The summed E-state index contributed by atoms with van der Waals surface area (Å²) in [5.74, 6) is 0. The second-order valence-corrected chi connectivity index (χ2v) is 4.85. The molecule has 0 nitrogen and oxygen atoms in total. The molecule has 0 saturated heterocycles. The fraction of sp³-hybridized carbons (Fsp3) is 0.444. The smallest absolute Gasteiger partial charge is 0.0230 e. The first kappa shape index (κ1) is 14.8. The first-order valence-corrected chi connectivity index (χ1v) is 7.19. The largest absolute Gasteiger partial charge is 0.103 e. The molecule has 0 heterocycles. The summed E-state index contributed by atoms with van der Waals surface area (Å²) in [6, 6.07) is 8.58. The maximum atomic E-state index is 3.87. The molecule has 1 aromatic rings. The molecule has 0 aliphatic rings. The van der Waals surface area contributed by atoms with Gasteiger partial charge in [-0.05, 0) is 36.8 Å². The standard InChI is InChI=1S/C18H26/c1-3-5-6-7-8-9-10-11-15-18-16-13-12-14-17(18)4-2/h3-4,12-14,16H,1-2,5-11,15H2. The molecule has 98 valence electrons. The first-order valence-electron chi connectivity index (χ1n) is 7.19. The van der Waals surface area contributed by atoms with E-state index in [0.29, 0.717) is 0 Å². The maximum Gasteiger partial charge on any atom is -0.0230 e. The lowest BCUT2D eigenvalue weighted by Crippen LogP contribution is -1.89. The normalized spacial score (nSPS) is 10.2. The highest BCUT2D eigenvalue weighted by molar-refractivity contribution is 5.51. The van der Waals surface area contributed by atoms with Crippen molar-refractivity contribution in [2.45, 2.75) is 51.4 Å². The van der Waals surface area contributed by atoms with E-state index in [9.17, 15) is 0 Å². The molecule has 0 radical (unpaired) electrons. The van der Waals surface area contributed by atoms with Crippen LogP contribution in [-0.2, 0) is 6.42 Å². The first-order chi connectivity index (χ1) is 8.88. The van der Waals surface area contributed by atoms with Crippen LogP contribution in [-0.4, -0.2) is 0 Å². The molecule has 18 heavy (non-hydrogen) atoms. The predicted molar refractivity (Wildman–Crippen MR) is 82.8 cm³/mol. The maximum absolute atomic E-state index is 3.87. The van der Waals surface area contributed by atoms with Crippen LogP contribution < -0.4 is 0 Å². The average molecular weight is 242 g/mol. The van der Waals surface area contributed by atoms with E-state index in [-0.39, 0.29) is 0 Å². The van der Waals surface area contributed by atoms with E-state index < -0.39 is 0 Å². The van der Waals surface area contributed by atoms with Gasteiger partial charge < -0.3 is 0 Å². The van der Waals surface area contributed by atoms with Gasteiger partial charge in [0.15, 0.2) is 0 Å². The Balaban J connectivity index is 2.10. The molecule has 0 heteroatoms. The van der Waals surface area contributed by atoms with E-state index in [0.717, 1.165) is 0 Å². The molecule has 1 rings (SSSR count). The Hall–Kier alpha value is -1.30. The van der Waals surface area contributed by atoms with Crippen LogP contribution in [0.3, 0.4) is 0 Å². The average Bonchev–Trinajstić information content (AvgIpc) is 2.42. The van der Waals surface area contributed by atoms with Gasteiger partial charge in [0.2, 0.25) is 0 Å². The van der Waals surface area contributed by atoms with Crippen LogP contribution >= 0.6 is 0 Å². The Labute approximate surface area is 112 Å². The molecule has 0 aliphatic carbocycles. The van der Waals surface area contributed by atoms with Gasteiger partial charge in [0, 0.05) is 0 Å². The third-order valence-electron chi connectivity index (χ3n) is 3.38. The van der Waals surface area contributed by atoms with Crippen molar-refractivity contribution in [2.75, 3.05) is 0 Å². The van der Waals surface area contributed by atoms with Crippen LogP contribution in [0.25, 0.3) is 6.08 Å². The van der Waals surface area contributed by atoms with Gasteiger partial charge in [-0.1, -0.05) is 68.7 Å². The van der Waals surface area contributed by atoms with Gasteiger partial charge in [0.25, 0.3) is 0 Å². The Morgan fingerprint density at radius 1 is 0.833 bits per heavy atom. The second-order valence-electron chi connectivity index (χ2n) is 4.85. The van der Waals surface area contributed by atoms with Crippen molar-refractivity contribution in [3.05, 3.63) is 54.6 Å². The summed E-state index contributed by atoms with van der Waals surface area (Å²) in [6.07, 6.45) is 14.4. The number of benzene rings is 1. The van der Waals surface area contributed by atoms with Crippen LogP contribution in [0.1, 0.15) is 56.1 Å². The highest BCUT2D eigenvalue weighted by Crippen LogP contribution is 2.15. The molecule has 0 bridgehead atoms. The Morgan fingerprint density at radius 2 is 1.50 bits per heavy atom. The molecular formula is C18H26. The molecule has 0 saturated carbocycles.